The van der Waals surface area contributed by atoms with Crippen LogP contribution in [0.15, 0.2) is 82.2 Å². The minimum Gasteiger partial charge on any atom is -0.496 e. The molecule has 3 aromatic carbocycles. The van der Waals surface area contributed by atoms with Crippen molar-refractivity contribution in [1.29, 1.82) is 0 Å². The number of sulfonamides is 1. The van der Waals surface area contributed by atoms with Crippen molar-refractivity contribution >= 4 is 37.5 Å². The number of hydrogen-bond donors (Lipinski definition) is 2. The number of hydrogen-bond acceptors (Lipinski definition) is 4. The second kappa shape index (κ2) is 9.77. The first-order chi connectivity index (χ1) is 14.4. The first-order valence-corrected chi connectivity index (χ1v) is 11.5. The summed E-state index contributed by atoms with van der Waals surface area (Å²) < 4.78 is 33.8. The smallest absolute Gasteiger partial charge is 0.261 e. The quantitative estimate of drug-likeness (QED) is 0.496. The summed E-state index contributed by atoms with van der Waals surface area (Å²) in [6.45, 7) is 0.456. The van der Waals surface area contributed by atoms with Gasteiger partial charge in [-0.05, 0) is 64.3 Å². The molecule has 8 heteroatoms. The van der Waals surface area contributed by atoms with E-state index in [-0.39, 0.29) is 16.4 Å². The number of carbonyl (C=O) groups excluding carboxylic acids is 1. The fraction of sp³-hybridized carbons (Fsp3) is 0.136. The molecule has 0 atom stereocenters. The van der Waals surface area contributed by atoms with Crippen LogP contribution in [0.5, 0.6) is 5.75 Å². The van der Waals surface area contributed by atoms with Gasteiger partial charge in [0.1, 0.15) is 5.75 Å². The van der Waals surface area contributed by atoms with Crippen molar-refractivity contribution in [2.24, 2.45) is 0 Å². The molecule has 0 spiro atoms. The number of amides is 1. The number of rotatable bonds is 8. The Bertz CT molecular complexity index is 1130. The number of carbonyl (C=O) groups is 1. The minimum atomic E-state index is -3.86. The van der Waals surface area contributed by atoms with Crippen LogP contribution < -0.4 is 14.8 Å². The van der Waals surface area contributed by atoms with E-state index >= 15 is 0 Å². The molecule has 156 valence electrons. The van der Waals surface area contributed by atoms with E-state index < -0.39 is 10.0 Å². The summed E-state index contributed by atoms with van der Waals surface area (Å²) in [5.74, 6) is 0.266. The van der Waals surface area contributed by atoms with Crippen LogP contribution in [-0.2, 0) is 16.4 Å². The molecule has 0 fully saturated rings. The maximum atomic E-state index is 12.8. The van der Waals surface area contributed by atoms with Crippen LogP contribution in [0.3, 0.4) is 0 Å². The Morgan fingerprint density at radius 2 is 1.77 bits per heavy atom. The van der Waals surface area contributed by atoms with Gasteiger partial charge in [0.05, 0.1) is 22.2 Å². The molecule has 0 aliphatic rings. The number of benzene rings is 3. The van der Waals surface area contributed by atoms with Gasteiger partial charge in [-0.25, -0.2) is 8.42 Å². The molecule has 0 aromatic heterocycles. The lowest BCUT2D eigenvalue weighted by Gasteiger charge is -2.11. The van der Waals surface area contributed by atoms with Gasteiger partial charge in [-0.3, -0.25) is 9.52 Å². The molecule has 0 saturated heterocycles. The lowest BCUT2D eigenvalue weighted by molar-refractivity contribution is 0.0954. The monoisotopic (exact) mass is 488 g/mol. The molecule has 3 rings (SSSR count). The van der Waals surface area contributed by atoms with Crippen LogP contribution in [0.25, 0.3) is 0 Å². The van der Waals surface area contributed by atoms with E-state index in [2.05, 4.69) is 26.0 Å². The third-order valence-electron chi connectivity index (χ3n) is 4.35. The van der Waals surface area contributed by atoms with Gasteiger partial charge in [-0.1, -0.05) is 36.4 Å². The Balaban J connectivity index is 1.68. The molecule has 0 saturated carbocycles. The van der Waals surface area contributed by atoms with E-state index in [0.29, 0.717) is 28.9 Å². The zero-order valence-electron chi connectivity index (χ0n) is 16.3. The summed E-state index contributed by atoms with van der Waals surface area (Å²) in [7, 11) is -2.33. The zero-order valence-corrected chi connectivity index (χ0v) is 18.7. The maximum absolute atomic E-state index is 12.8. The van der Waals surface area contributed by atoms with E-state index in [4.69, 9.17) is 4.74 Å². The number of methoxy groups -OCH3 is 1. The summed E-state index contributed by atoms with van der Waals surface area (Å²) in [6, 6.07) is 20.6. The molecule has 0 heterocycles. The van der Waals surface area contributed by atoms with Gasteiger partial charge in [0, 0.05) is 12.1 Å². The SMILES string of the molecule is COc1ccc(NS(=O)(=O)c2cccc(C(=O)NCCc3ccccc3)c2)cc1Br. The first-order valence-electron chi connectivity index (χ1n) is 9.17. The third-order valence-corrected chi connectivity index (χ3v) is 6.35. The summed E-state index contributed by atoms with van der Waals surface area (Å²) in [4.78, 5) is 12.4. The van der Waals surface area contributed by atoms with Gasteiger partial charge in [-0.15, -0.1) is 0 Å². The van der Waals surface area contributed by atoms with E-state index in [1.807, 2.05) is 30.3 Å². The Hall–Kier alpha value is -2.84. The summed E-state index contributed by atoms with van der Waals surface area (Å²) in [6.07, 6.45) is 0.693. The number of anilines is 1. The topological polar surface area (TPSA) is 84.5 Å². The predicted octanol–water partition coefficient (Wildman–Crippen LogP) is 4.23. The van der Waals surface area contributed by atoms with Gasteiger partial charge < -0.3 is 10.1 Å². The van der Waals surface area contributed by atoms with Gasteiger partial charge >= 0.3 is 0 Å². The molecule has 3 aromatic rings. The Morgan fingerprint density at radius 1 is 1.00 bits per heavy atom. The lowest BCUT2D eigenvalue weighted by Crippen LogP contribution is -2.26. The average Bonchev–Trinajstić information content (AvgIpc) is 2.74. The standard InChI is InChI=1S/C22H21BrN2O4S/c1-29-21-11-10-18(15-20(21)23)25-30(27,28)19-9-5-8-17(14-19)22(26)24-13-12-16-6-3-2-4-7-16/h2-11,14-15,25H,12-13H2,1H3,(H,24,26). The number of nitrogens with one attached hydrogen (secondary N) is 2. The van der Waals surface area contributed by atoms with Crippen LogP contribution in [0.4, 0.5) is 5.69 Å². The highest BCUT2D eigenvalue weighted by Crippen LogP contribution is 2.29. The van der Waals surface area contributed by atoms with Gasteiger partial charge in [0.15, 0.2) is 0 Å². The van der Waals surface area contributed by atoms with Crippen LogP contribution in [-0.4, -0.2) is 28.0 Å². The van der Waals surface area contributed by atoms with Gasteiger partial charge in [0.2, 0.25) is 0 Å². The third kappa shape index (κ3) is 5.61. The predicted molar refractivity (Wildman–Crippen MR) is 120 cm³/mol. The van der Waals surface area contributed by atoms with Crippen LogP contribution in [0, 0.1) is 0 Å². The van der Waals surface area contributed by atoms with E-state index in [1.165, 1.54) is 19.2 Å². The van der Waals surface area contributed by atoms with Crippen LogP contribution in [0.2, 0.25) is 0 Å². The average molecular weight is 489 g/mol. The Morgan fingerprint density at radius 3 is 2.47 bits per heavy atom. The molecule has 0 aliphatic carbocycles. The fourth-order valence-electron chi connectivity index (χ4n) is 2.82. The van der Waals surface area contributed by atoms with Gasteiger partial charge in [-0.2, -0.15) is 0 Å². The van der Waals surface area contributed by atoms with E-state index in [1.54, 1.807) is 30.3 Å². The van der Waals surface area contributed by atoms with Crippen molar-refractivity contribution in [3.63, 3.8) is 0 Å². The second-order valence-corrected chi connectivity index (χ2v) is 9.01. The number of halogens is 1. The Kier molecular flexibility index (Phi) is 7.12. The molecule has 2 N–H and O–H groups in total. The van der Waals surface area contributed by atoms with Crippen molar-refractivity contribution in [3.05, 3.63) is 88.4 Å². The molecule has 1 amide bonds. The summed E-state index contributed by atoms with van der Waals surface area (Å²) in [5, 5.41) is 2.82. The maximum Gasteiger partial charge on any atom is 0.261 e. The van der Waals surface area contributed by atoms with Crippen LogP contribution >= 0.6 is 15.9 Å². The van der Waals surface area contributed by atoms with Crippen molar-refractivity contribution in [1.82, 2.24) is 5.32 Å². The highest BCUT2D eigenvalue weighted by Gasteiger charge is 2.17. The van der Waals surface area contributed by atoms with Crippen LogP contribution in [0.1, 0.15) is 15.9 Å². The van der Waals surface area contributed by atoms with Crippen molar-refractivity contribution in [2.75, 3.05) is 18.4 Å². The summed E-state index contributed by atoms with van der Waals surface area (Å²) in [5.41, 5.74) is 1.77. The molecule has 0 unspecified atom stereocenters. The van der Waals surface area contributed by atoms with Crippen molar-refractivity contribution < 1.29 is 17.9 Å². The largest absolute Gasteiger partial charge is 0.496 e. The molecule has 0 radical (unpaired) electrons. The zero-order chi connectivity index (χ0) is 21.6. The number of ether oxygens (including phenoxy) is 1. The summed E-state index contributed by atoms with van der Waals surface area (Å²) >= 11 is 3.33. The normalized spacial score (nSPS) is 11.0. The van der Waals surface area contributed by atoms with Gasteiger partial charge in [0.25, 0.3) is 15.9 Å². The minimum absolute atomic E-state index is 0.00477. The molecular formula is C22H21BrN2O4S. The second-order valence-electron chi connectivity index (χ2n) is 6.47. The molecule has 6 nitrogen and oxygen atoms in total. The van der Waals surface area contributed by atoms with Crippen molar-refractivity contribution in [3.8, 4) is 5.75 Å². The fourth-order valence-corrected chi connectivity index (χ4v) is 4.45. The lowest BCUT2D eigenvalue weighted by atomic mass is 10.1. The molecule has 0 aliphatic heterocycles. The highest BCUT2D eigenvalue weighted by atomic mass is 79.9. The van der Waals surface area contributed by atoms with E-state index in [9.17, 15) is 13.2 Å². The van der Waals surface area contributed by atoms with E-state index in [0.717, 1.165) is 5.56 Å². The molecule has 0 bridgehead atoms. The molecule has 30 heavy (non-hydrogen) atoms. The highest BCUT2D eigenvalue weighted by molar-refractivity contribution is 9.10. The first kappa shape index (κ1) is 21.9. The Labute approximate surface area is 184 Å². The van der Waals surface area contributed by atoms with Crippen molar-refractivity contribution in [2.45, 2.75) is 11.3 Å². The molecular weight excluding hydrogens is 468 g/mol.